The summed E-state index contributed by atoms with van der Waals surface area (Å²) in [6, 6.07) is 7.55. The Kier molecular flexibility index (Phi) is 6.30. The average Bonchev–Trinajstić information content (AvgIpc) is 2.98. The maximum Gasteiger partial charge on any atom is 0.256 e. The molecule has 2 N–H and O–H groups in total. The van der Waals surface area contributed by atoms with E-state index in [0.29, 0.717) is 11.4 Å². The third-order valence-electron chi connectivity index (χ3n) is 4.17. The number of carbonyl (C=O) groups is 1. The Hall–Kier alpha value is -2.19. The van der Waals surface area contributed by atoms with Gasteiger partial charge in [0.15, 0.2) is 0 Å². The number of aromatic nitrogens is 2. The molecule has 0 aliphatic rings. The molecular weight excluding hydrogens is 388 g/mol. The third-order valence-corrected chi connectivity index (χ3v) is 5.85. The van der Waals surface area contributed by atoms with E-state index in [1.807, 2.05) is 26.8 Å². The number of nitrogens with one attached hydrogen (secondary N) is 2. The smallest absolute Gasteiger partial charge is 0.256 e. The second kappa shape index (κ2) is 7.91. The maximum absolute atomic E-state index is 12.8. The molecule has 7 nitrogen and oxygen atoms in total. The molecule has 0 bridgehead atoms. The van der Waals surface area contributed by atoms with Crippen LogP contribution in [0.25, 0.3) is 0 Å². The zero-order chi connectivity index (χ0) is 22.2. The van der Waals surface area contributed by atoms with Gasteiger partial charge in [-0.3, -0.25) is 4.79 Å². The predicted octanol–water partition coefficient (Wildman–Crippen LogP) is 3.87. The Morgan fingerprint density at radius 2 is 1.59 bits per heavy atom. The van der Waals surface area contributed by atoms with Crippen molar-refractivity contribution in [1.29, 1.82) is 0 Å². The molecule has 0 saturated carbocycles. The van der Waals surface area contributed by atoms with Crippen molar-refractivity contribution >= 4 is 21.7 Å². The Morgan fingerprint density at radius 3 is 2.03 bits per heavy atom. The first-order chi connectivity index (χ1) is 13.1. The lowest BCUT2D eigenvalue weighted by Gasteiger charge is -2.23. The maximum atomic E-state index is 12.8. The highest BCUT2D eigenvalue weighted by Crippen LogP contribution is 2.28. The van der Waals surface area contributed by atoms with E-state index >= 15 is 0 Å². The largest absolute Gasteiger partial charge is 0.307 e. The molecule has 1 aromatic carbocycles. The summed E-state index contributed by atoms with van der Waals surface area (Å²) in [5.74, 6) is 0.280. The molecule has 29 heavy (non-hydrogen) atoms. The number of amides is 1. The van der Waals surface area contributed by atoms with Crippen molar-refractivity contribution in [2.75, 3.05) is 5.32 Å². The second-order valence-electron chi connectivity index (χ2n) is 9.50. The van der Waals surface area contributed by atoms with E-state index < -0.39 is 10.0 Å². The standard InChI is InChI=1S/C21H32N4O3S/c1-14(2)24-29(27,28)16-11-9-15(10-12-16)19(26)22-18-13-17(20(3,4)5)23-25(18)21(6,7)8/h9-14,24H,1-8H3,(H,22,26). The van der Waals surface area contributed by atoms with Crippen LogP contribution in [0.1, 0.15) is 71.4 Å². The number of anilines is 1. The number of rotatable bonds is 5. The van der Waals surface area contributed by atoms with E-state index in [-0.39, 0.29) is 27.8 Å². The van der Waals surface area contributed by atoms with Gasteiger partial charge in [-0.05, 0) is 58.9 Å². The fourth-order valence-electron chi connectivity index (χ4n) is 2.70. The van der Waals surface area contributed by atoms with Crippen molar-refractivity contribution in [3.8, 4) is 0 Å². The first kappa shape index (κ1) is 23.1. The fourth-order valence-corrected chi connectivity index (χ4v) is 3.95. The summed E-state index contributed by atoms with van der Waals surface area (Å²) >= 11 is 0. The highest BCUT2D eigenvalue weighted by Gasteiger charge is 2.26. The van der Waals surface area contributed by atoms with Crippen molar-refractivity contribution in [3.63, 3.8) is 0 Å². The minimum absolute atomic E-state index is 0.123. The van der Waals surface area contributed by atoms with Gasteiger partial charge in [0.05, 0.1) is 16.1 Å². The summed E-state index contributed by atoms with van der Waals surface area (Å²) in [6.45, 7) is 15.8. The molecule has 2 aromatic rings. The summed E-state index contributed by atoms with van der Waals surface area (Å²) in [5, 5.41) is 7.60. The van der Waals surface area contributed by atoms with Gasteiger partial charge in [0, 0.05) is 23.1 Å². The van der Waals surface area contributed by atoms with E-state index in [2.05, 4.69) is 35.9 Å². The van der Waals surface area contributed by atoms with E-state index in [0.717, 1.165) is 5.69 Å². The average molecular weight is 421 g/mol. The first-order valence-electron chi connectivity index (χ1n) is 9.66. The molecule has 0 saturated heterocycles. The van der Waals surface area contributed by atoms with Crippen LogP contribution in [0.3, 0.4) is 0 Å². The third kappa shape index (κ3) is 5.67. The van der Waals surface area contributed by atoms with Crippen molar-refractivity contribution in [2.45, 2.75) is 77.3 Å². The zero-order valence-electron chi connectivity index (χ0n) is 18.5. The quantitative estimate of drug-likeness (QED) is 0.768. The zero-order valence-corrected chi connectivity index (χ0v) is 19.3. The SMILES string of the molecule is CC(C)NS(=O)(=O)c1ccc(C(=O)Nc2cc(C(C)(C)C)nn2C(C)(C)C)cc1. The molecule has 0 aliphatic heterocycles. The van der Waals surface area contributed by atoms with Crippen LogP contribution < -0.4 is 10.0 Å². The summed E-state index contributed by atoms with van der Waals surface area (Å²) in [6.07, 6.45) is 0. The summed E-state index contributed by atoms with van der Waals surface area (Å²) < 4.78 is 28.8. The van der Waals surface area contributed by atoms with Crippen LogP contribution in [0.2, 0.25) is 0 Å². The lowest BCUT2D eigenvalue weighted by molar-refractivity contribution is 0.102. The Morgan fingerprint density at radius 1 is 1.03 bits per heavy atom. The Bertz CT molecular complexity index is 976. The van der Waals surface area contributed by atoms with Gasteiger partial charge in [-0.1, -0.05) is 20.8 Å². The number of carbonyl (C=O) groups excluding carboxylic acids is 1. The van der Waals surface area contributed by atoms with Crippen LogP contribution >= 0.6 is 0 Å². The summed E-state index contributed by atoms with van der Waals surface area (Å²) in [7, 11) is -3.60. The number of benzene rings is 1. The molecule has 0 atom stereocenters. The van der Waals surface area contributed by atoms with Crippen LogP contribution in [-0.2, 0) is 21.0 Å². The summed E-state index contributed by atoms with van der Waals surface area (Å²) in [4.78, 5) is 12.9. The molecule has 0 unspecified atom stereocenters. The number of nitrogens with zero attached hydrogens (tertiary/aromatic N) is 2. The van der Waals surface area contributed by atoms with Crippen LogP contribution in [0.4, 0.5) is 5.82 Å². The number of hydrogen-bond donors (Lipinski definition) is 2. The van der Waals surface area contributed by atoms with Gasteiger partial charge < -0.3 is 5.32 Å². The molecule has 1 amide bonds. The van der Waals surface area contributed by atoms with Crippen LogP contribution in [0.5, 0.6) is 0 Å². The van der Waals surface area contributed by atoms with Crippen molar-refractivity contribution in [1.82, 2.24) is 14.5 Å². The van der Waals surface area contributed by atoms with E-state index in [1.54, 1.807) is 18.5 Å². The van der Waals surface area contributed by atoms with Gasteiger partial charge in [0.1, 0.15) is 5.82 Å². The molecule has 1 heterocycles. The number of sulfonamides is 1. The lowest BCUT2D eigenvalue weighted by Crippen LogP contribution is -2.30. The van der Waals surface area contributed by atoms with E-state index in [9.17, 15) is 13.2 Å². The Balaban J connectivity index is 2.30. The fraction of sp³-hybridized carbons (Fsp3) is 0.524. The molecule has 0 radical (unpaired) electrons. The molecule has 160 valence electrons. The van der Waals surface area contributed by atoms with Gasteiger partial charge in [0.2, 0.25) is 10.0 Å². The van der Waals surface area contributed by atoms with Gasteiger partial charge >= 0.3 is 0 Å². The van der Waals surface area contributed by atoms with E-state index in [1.165, 1.54) is 24.3 Å². The molecule has 1 aromatic heterocycles. The normalized spacial score (nSPS) is 13.0. The van der Waals surface area contributed by atoms with Gasteiger partial charge in [0.25, 0.3) is 5.91 Å². The summed E-state index contributed by atoms with van der Waals surface area (Å²) in [5.41, 5.74) is 0.776. The van der Waals surface area contributed by atoms with Gasteiger partial charge in [-0.2, -0.15) is 5.10 Å². The van der Waals surface area contributed by atoms with E-state index in [4.69, 9.17) is 0 Å². The van der Waals surface area contributed by atoms with Gasteiger partial charge in [-0.15, -0.1) is 0 Å². The topological polar surface area (TPSA) is 93.1 Å². The molecular formula is C21H32N4O3S. The van der Waals surface area contributed by atoms with Crippen molar-refractivity contribution in [3.05, 3.63) is 41.6 Å². The monoisotopic (exact) mass is 420 g/mol. The lowest BCUT2D eigenvalue weighted by atomic mass is 9.92. The molecule has 8 heteroatoms. The van der Waals surface area contributed by atoms with Crippen molar-refractivity contribution in [2.24, 2.45) is 0 Å². The molecule has 2 rings (SSSR count). The van der Waals surface area contributed by atoms with Crippen molar-refractivity contribution < 1.29 is 13.2 Å². The Labute approximate surface area is 173 Å². The first-order valence-corrected chi connectivity index (χ1v) is 11.1. The van der Waals surface area contributed by atoms with Gasteiger partial charge in [-0.25, -0.2) is 17.8 Å². The minimum atomic E-state index is -3.60. The van der Waals surface area contributed by atoms with Crippen LogP contribution in [0, 0.1) is 0 Å². The predicted molar refractivity (Wildman–Crippen MR) is 116 cm³/mol. The highest BCUT2D eigenvalue weighted by atomic mass is 32.2. The van der Waals surface area contributed by atoms with Crippen LogP contribution in [0.15, 0.2) is 35.2 Å². The highest BCUT2D eigenvalue weighted by molar-refractivity contribution is 7.89. The molecule has 0 aliphatic carbocycles. The van der Waals surface area contributed by atoms with Crippen LogP contribution in [-0.4, -0.2) is 30.1 Å². The second-order valence-corrected chi connectivity index (χ2v) is 11.2. The molecule has 0 spiro atoms. The number of hydrogen-bond acceptors (Lipinski definition) is 4. The molecule has 0 fully saturated rings. The minimum Gasteiger partial charge on any atom is -0.307 e.